The van der Waals surface area contributed by atoms with Gasteiger partial charge in [0.2, 0.25) is 5.91 Å². The molecule has 0 aliphatic carbocycles. The van der Waals surface area contributed by atoms with Crippen LogP contribution in [0.3, 0.4) is 0 Å². The number of nitrogens with zero attached hydrogens (tertiary/aromatic N) is 1. The first-order chi connectivity index (χ1) is 9.75. The number of pyridine rings is 1. The number of nitrogens with one attached hydrogen (secondary N) is 1. The van der Waals surface area contributed by atoms with E-state index in [1.165, 1.54) is 12.3 Å². The van der Waals surface area contributed by atoms with E-state index in [1.807, 2.05) is 0 Å². The maximum atomic E-state index is 13.7. The van der Waals surface area contributed by atoms with Crippen molar-refractivity contribution in [1.29, 1.82) is 0 Å². The van der Waals surface area contributed by atoms with E-state index in [4.69, 9.17) is 4.74 Å². The molecule has 0 saturated carbocycles. The summed E-state index contributed by atoms with van der Waals surface area (Å²) in [6.45, 7) is 1.23. The van der Waals surface area contributed by atoms with Crippen molar-refractivity contribution in [2.45, 2.75) is 12.8 Å². The van der Waals surface area contributed by atoms with Crippen molar-refractivity contribution in [2.24, 2.45) is 5.92 Å². The number of benzene rings is 1. The normalized spacial score (nSPS) is 16.2. The highest BCUT2D eigenvalue weighted by Crippen LogP contribution is 2.25. The molecular weight excluding hydrogens is 259 g/mol. The van der Waals surface area contributed by atoms with Crippen molar-refractivity contribution in [3.8, 4) is 0 Å². The Morgan fingerprint density at radius 3 is 2.90 bits per heavy atom. The lowest BCUT2D eigenvalue weighted by molar-refractivity contribution is -0.122. The minimum Gasteiger partial charge on any atom is -0.381 e. The predicted molar refractivity (Wildman–Crippen MR) is 73.9 cm³/mol. The van der Waals surface area contributed by atoms with Crippen LogP contribution < -0.4 is 5.32 Å². The highest BCUT2D eigenvalue weighted by atomic mass is 19.1. The Hall–Kier alpha value is -2.01. The molecule has 0 unspecified atom stereocenters. The fourth-order valence-electron chi connectivity index (χ4n) is 2.44. The number of carbonyl (C=O) groups is 1. The number of anilines is 1. The number of hydrogen-bond acceptors (Lipinski definition) is 3. The second-order valence-electron chi connectivity index (χ2n) is 4.87. The lowest BCUT2D eigenvalue weighted by atomic mass is 9.99. The number of aromatic nitrogens is 1. The number of fused-ring (bicyclic) bond motifs is 1. The number of rotatable bonds is 2. The molecule has 1 aliphatic heterocycles. The zero-order valence-corrected chi connectivity index (χ0v) is 10.9. The average molecular weight is 274 g/mol. The lowest BCUT2D eigenvalue weighted by Gasteiger charge is -2.21. The molecule has 0 atom stereocenters. The molecule has 1 aromatic heterocycles. The van der Waals surface area contributed by atoms with Gasteiger partial charge in [0, 0.05) is 30.7 Å². The topological polar surface area (TPSA) is 51.2 Å². The third-order valence-corrected chi connectivity index (χ3v) is 3.57. The Balaban J connectivity index is 1.87. The molecule has 2 aromatic rings. The summed E-state index contributed by atoms with van der Waals surface area (Å²) in [5.74, 6) is -0.463. The molecule has 0 spiro atoms. The Morgan fingerprint density at radius 2 is 2.10 bits per heavy atom. The minimum absolute atomic E-state index is 0.0370. The summed E-state index contributed by atoms with van der Waals surface area (Å²) in [5.41, 5.74) is 0.878. The van der Waals surface area contributed by atoms with Crippen molar-refractivity contribution in [3.63, 3.8) is 0 Å². The third kappa shape index (κ3) is 2.49. The zero-order valence-electron chi connectivity index (χ0n) is 10.9. The highest BCUT2D eigenvalue weighted by Gasteiger charge is 2.22. The van der Waals surface area contributed by atoms with Gasteiger partial charge in [0.1, 0.15) is 11.3 Å². The van der Waals surface area contributed by atoms with Gasteiger partial charge in [0.05, 0.1) is 5.69 Å². The van der Waals surface area contributed by atoms with Gasteiger partial charge < -0.3 is 10.1 Å². The standard InChI is InChI=1S/C15H15FN2O2/c16-12-3-1-2-11-13(4-7-17-14(11)12)18-15(19)10-5-8-20-9-6-10/h1-4,7,10H,5-6,8-9H2,(H,17,18,19). The Labute approximate surface area is 116 Å². The van der Waals surface area contributed by atoms with E-state index in [0.717, 1.165) is 12.8 Å². The maximum absolute atomic E-state index is 13.7. The van der Waals surface area contributed by atoms with Crippen LogP contribution in [0.5, 0.6) is 0 Å². The van der Waals surface area contributed by atoms with Gasteiger partial charge in [0.15, 0.2) is 0 Å². The number of halogens is 1. The summed E-state index contributed by atoms with van der Waals surface area (Å²) in [6.07, 6.45) is 2.96. The van der Waals surface area contributed by atoms with Crippen LogP contribution in [0.25, 0.3) is 10.9 Å². The lowest BCUT2D eigenvalue weighted by Crippen LogP contribution is -2.28. The van der Waals surface area contributed by atoms with Gasteiger partial charge >= 0.3 is 0 Å². The molecule has 0 bridgehead atoms. The molecule has 1 amide bonds. The summed E-state index contributed by atoms with van der Waals surface area (Å²) in [4.78, 5) is 16.2. The van der Waals surface area contributed by atoms with E-state index in [0.29, 0.717) is 24.3 Å². The van der Waals surface area contributed by atoms with E-state index in [2.05, 4.69) is 10.3 Å². The molecular formula is C15H15FN2O2. The SMILES string of the molecule is O=C(Nc1ccnc2c(F)cccc12)C1CCOCC1. The molecule has 1 fully saturated rings. The third-order valence-electron chi connectivity index (χ3n) is 3.57. The van der Waals surface area contributed by atoms with Crippen LogP contribution in [0, 0.1) is 11.7 Å². The maximum Gasteiger partial charge on any atom is 0.227 e. The van der Waals surface area contributed by atoms with Gasteiger partial charge in [-0.2, -0.15) is 0 Å². The van der Waals surface area contributed by atoms with Gasteiger partial charge in [-0.05, 0) is 25.0 Å². The average Bonchev–Trinajstić information content (AvgIpc) is 2.49. The fraction of sp³-hybridized carbons (Fsp3) is 0.333. The van der Waals surface area contributed by atoms with Crippen molar-refractivity contribution >= 4 is 22.5 Å². The van der Waals surface area contributed by atoms with Crippen molar-refractivity contribution in [1.82, 2.24) is 4.98 Å². The molecule has 3 rings (SSSR count). The first kappa shape index (κ1) is 13.0. The number of carbonyl (C=O) groups excluding carboxylic acids is 1. The largest absolute Gasteiger partial charge is 0.381 e. The predicted octanol–water partition coefficient (Wildman–Crippen LogP) is 2.74. The number of para-hydroxylation sites is 1. The second-order valence-corrected chi connectivity index (χ2v) is 4.87. The quantitative estimate of drug-likeness (QED) is 0.916. The molecule has 20 heavy (non-hydrogen) atoms. The van der Waals surface area contributed by atoms with Gasteiger partial charge in [-0.1, -0.05) is 12.1 Å². The van der Waals surface area contributed by atoms with E-state index < -0.39 is 0 Å². The van der Waals surface area contributed by atoms with Gasteiger partial charge in [0.25, 0.3) is 0 Å². The fourth-order valence-corrected chi connectivity index (χ4v) is 2.44. The Kier molecular flexibility index (Phi) is 3.60. The molecule has 1 saturated heterocycles. The summed E-state index contributed by atoms with van der Waals surface area (Å²) < 4.78 is 18.9. The minimum atomic E-state index is -0.385. The summed E-state index contributed by atoms with van der Waals surface area (Å²) in [7, 11) is 0. The highest BCUT2D eigenvalue weighted by molar-refractivity contribution is 6.01. The first-order valence-corrected chi connectivity index (χ1v) is 6.67. The van der Waals surface area contributed by atoms with Crippen LogP contribution in [0.1, 0.15) is 12.8 Å². The molecule has 2 heterocycles. The van der Waals surface area contributed by atoms with Crippen LogP contribution in [-0.2, 0) is 9.53 Å². The first-order valence-electron chi connectivity index (χ1n) is 6.67. The molecule has 104 valence electrons. The summed E-state index contributed by atoms with van der Waals surface area (Å²) in [5, 5.41) is 3.50. The molecule has 0 radical (unpaired) electrons. The van der Waals surface area contributed by atoms with E-state index in [-0.39, 0.29) is 23.2 Å². The molecule has 1 aliphatic rings. The van der Waals surface area contributed by atoms with Crippen molar-refractivity contribution in [2.75, 3.05) is 18.5 Å². The number of hydrogen-bond donors (Lipinski definition) is 1. The van der Waals surface area contributed by atoms with Gasteiger partial charge in [-0.3, -0.25) is 9.78 Å². The number of ether oxygens (including phenoxy) is 1. The van der Waals surface area contributed by atoms with Crippen molar-refractivity contribution in [3.05, 3.63) is 36.3 Å². The smallest absolute Gasteiger partial charge is 0.227 e. The van der Waals surface area contributed by atoms with Crippen LogP contribution in [0.2, 0.25) is 0 Å². The monoisotopic (exact) mass is 274 g/mol. The van der Waals surface area contributed by atoms with Crippen LogP contribution in [-0.4, -0.2) is 24.1 Å². The number of amides is 1. The van der Waals surface area contributed by atoms with E-state index >= 15 is 0 Å². The van der Waals surface area contributed by atoms with Crippen LogP contribution in [0.4, 0.5) is 10.1 Å². The van der Waals surface area contributed by atoms with Crippen LogP contribution in [0.15, 0.2) is 30.5 Å². The molecule has 1 N–H and O–H groups in total. The Morgan fingerprint density at radius 1 is 1.30 bits per heavy atom. The second kappa shape index (κ2) is 5.54. The summed E-state index contributed by atoms with van der Waals surface area (Å²) in [6, 6.07) is 6.42. The van der Waals surface area contributed by atoms with E-state index in [1.54, 1.807) is 18.2 Å². The Bertz CT molecular complexity index is 639. The van der Waals surface area contributed by atoms with Crippen LogP contribution >= 0.6 is 0 Å². The molecule has 5 heteroatoms. The summed E-state index contributed by atoms with van der Waals surface area (Å²) >= 11 is 0. The van der Waals surface area contributed by atoms with E-state index in [9.17, 15) is 9.18 Å². The van der Waals surface area contributed by atoms with Gasteiger partial charge in [-0.15, -0.1) is 0 Å². The molecule has 4 nitrogen and oxygen atoms in total. The molecule has 1 aromatic carbocycles. The van der Waals surface area contributed by atoms with Crippen molar-refractivity contribution < 1.29 is 13.9 Å². The zero-order chi connectivity index (χ0) is 13.9. The van der Waals surface area contributed by atoms with Gasteiger partial charge in [-0.25, -0.2) is 4.39 Å².